The third-order valence-electron chi connectivity index (χ3n) is 12.3. The Kier molecular flexibility index (Phi) is 26.6. The lowest BCUT2D eigenvalue weighted by atomic mass is 10.0. The average Bonchev–Trinajstić information content (AvgIpc) is 4.27. The van der Waals surface area contributed by atoms with Gasteiger partial charge in [-0.15, -0.1) is 0 Å². The van der Waals surface area contributed by atoms with Gasteiger partial charge in [0.2, 0.25) is 0 Å². The van der Waals surface area contributed by atoms with Gasteiger partial charge in [0.05, 0.1) is 63.2 Å². The predicted octanol–water partition coefficient (Wildman–Crippen LogP) is 7.49. The summed E-state index contributed by atoms with van der Waals surface area (Å²) in [5.74, 6) is 0. The van der Waals surface area contributed by atoms with E-state index in [4.69, 9.17) is 38.1 Å². The summed E-state index contributed by atoms with van der Waals surface area (Å²) in [5.41, 5.74) is 0.270. The molecule has 25 nitrogen and oxygen atoms in total. The van der Waals surface area contributed by atoms with E-state index in [0.29, 0.717) is 63.2 Å². The maximum Gasteiger partial charge on any atom is 0.407 e. The number of nitrogens with zero attached hydrogens (tertiary/aromatic N) is 3. The van der Waals surface area contributed by atoms with Gasteiger partial charge < -0.3 is 44.2 Å². The SMILES string of the molecule is C1CCOC1.CC(C)(C)OC(=O)N[C@@H](Cc1ccccc1)C1CO1.CC(C)(C)OC(=O)N[C@@H](Cc1ccccc1)[C@H](O)CN(OC1CCOCC1)S(=O)(=O)c1ccc([N+](=O)[O-])cc1.O=[N+]([O-])c1ccc(S(=O)(=O)NOC2CCOCC2)cc1. The summed E-state index contributed by atoms with van der Waals surface area (Å²) >= 11 is 0. The van der Waals surface area contributed by atoms with Crippen LogP contribution in [-0.2, 0) is 71.0 Å². The van der Waals surface area contributed by atoms with E-state index in [2.05, 4.69) is 10.6 Å². The zero-order valence-corrected chi connectivity index (χ0v) is 49.3. The number of amides is 2. The first kappa shape index (κ1) is 67.5. The molecule has 0 saturated carbocycles. The molecule has 4 saturated heterocycles. The number of epoxide rings is 1. The molecule has 0 spiro atoms. The topological polar surface area (TPSA) is 325 Å². The van der Waals surface area contributed by atoms with E-state index in [1.165, 1.54) is 18.4 Å². The van der Waals surface area contributed by atoms with Crippen LogP contribution >= 0.6 is 0 Å². The van der Waals surface area contributed by atoms with Crippen molar-refractivity contribution in [2.45, 2.75) is 150 Å². The van der Waals surface area contributed by atoms with E-state index >= 15 is 0 Å². The van der Waals surface area contributed by atoms with Gasteiger partial charge in [-0.25, -0.2) is 26.4 Å². The van der Waals surface area contributed by atoms with Crippen LogP contribution in [0.4, 0.5) is 21.0 Å². The minimum Gasteiger partial charge on any atom is -0.444 e. The molecule has 4 aliphatic heterocycles. The van der Waals surface area contributed by atoms with Crippen molar-refractivity contribution in [2.75, 3.05) is 52.8 Å². The molecule has 4 aromatic rings. The summed E-state index contributed by atoms with van der Waals surface area (Å²) in [5, 5.41) is 38.4. The molecule has 458 valence electrons. The van der Waals surface area contributed by atoms with E-state index < -0.39 is 72.0 Å². The van der Waals surface area contributed by atoms with E-state index in [9.17, 15) is 51.8 Å². The first-order valence-electron chi connectivity index (χ1n) is 27.2. The maximum absolute atomic E-state index is 13.6. The molecule has 4 heterocycles. The summed E-state index contributed by atoms with van der Waals surface area (Å²) in [6.45, 7) is 14.7. The molecule has 4 atom stereocenters. The molecule has 4 N–H and O–H groups in total. The summed E-state index contributed by atoms with van der Waals surface area (Å²) in [6.07, 6.45) is 2.42. The average molecular weight is 1200 g/mol. The Hall–Kier alpha value is -6.24. The number of nitro groups is 2. The number of hydrogen-bond acceptors (Lipinski definition) is 19. The van der Waals surface area contributed by atoms with Gasteiger partial charge in [0.25, 0.3) is 31.4 Å². The van der Waals surface area contributed by atoms with Crippen molar-refractivity contribution in [3.05, 3.63) is 141 Å². The Morgan fingerprint density at radius 3 is 1.51 bits per heavy atom. The van der Waals surface area contributed by atoms with Crippen molar-refractivity contribution >= 4 is 43.6 Å². The Labute approximate surface area is 484 Å². The first-order valence-corrected chi connectivity index (χ1v) is 30.2. The van der Waals surface area contributed by atoms with Gasteiger partial charge in [-0.2, -0.15) is 0 Å². The van der Waals surface area contributed by atoms with Crippen LogP contribution in [0.1, 0.15) is 91.2 Å². The van der Waals surface area contributed by atoms with Gasteiger partial charge in [-0.3, -0.25) is 29.9 Å². The number of alkyl carbamates (subject to hydrolysis) is 2. The van der Waals surface area contributed by atoms with E-state index in [1.54, 1.807) is 20.8 Å². The van der Waals surface area contributed by atoms with E-state index in [-0.39, 0.29) is 51.9 Å². The minimum absolute atomic E-state index is 0.0303. The normalized spacial score (nSPS) is 17.8. The van der Waals surface area contributed by atoms with Crippen molar-refractivity contribution in [1.82, 2.24) is 20.0 Å². The van der Waals surface area contributed by atoms with Crippen LogP contribution in [0.15, 0.2) is 119 Å². The molecule has 4 fully saturated rings. The van der Waals surface area contributed by atoms with Crippen LogP contribution in [0.25, 0.3) is 0 Å². The number of rotatable bonds is 20. The number of nitrogens with one attached hydrogen (secondary N) is 3. The number of ether oxygens (including phenoxy) is 6. The number of carbonyl (C=O) groups excluding carboxylic acids is 2. The molecular formula is C56H78N6O19S2. The number of carbonyl (C=O) groups is 2. The van der Waals surface area contributed by atoms with Crippen molar-refractivity contribution in [1.29, 1.82) is 0 Å². The lowest BCUT2D eigenvalue weighted by Crippen LogP contribution is -2.52. The lowest BCUT2D eigenvalue weighted by molar-refractivity contribution is -0.385. The van der Waals surface area contributed by atoms with Crippen LogP contribution in [-0.4, -0.2) is 149 Å². The van der Waals surface area contributed by atoms with Crippen LogP contribution in [0.5, 0.6) is 0 Å². The van der Waals surface area contributed by atoms with Crippen LogP contribution in [0.2, 0.25) is 0 Å². The van der Waals surface area contributed by atoms with Crippen LogP contribution in [0.3, 0.4) is 0 Å². The fraction of sp³-hybridized carbons (Fsp3) is 0.536. The molecular weight excluding hydrogens is 1120 g/mol. The van der Waals surface area contributed by atoms with Gasteiger partial charge >= 0.3 is 12.2 Å². The monoisotopic (exact) mass is 1200 g/mol. The first-order chi connectivity index (χ1) is 39.3. The molecule has 4 aliphatic rings. The third kappa shape index (κ3) is 25.3. The Morgan fingerprint density at radius 1 is 0.639 bits per heavy atom. The van der Waals surface area contributed by atoms with E-state index in [1.807, 2.05) is 86.3 Å². The van der Waals surface area contributed by atoms with Crippen molar-refractivity contribution in [2.24, 2.45) is 0 Å². The molecule has 27 heteroatoms. The van der Waals surface area contributed by atoms with Gasteiger partial charge in [0.1, 0.15) is 17.3 Å². The summed E-state index contributed by atoms with van der Waals surface area (Å²) in [4.78, 5) is 57.4. The highest BCUT2D eigenvalue weighted by molar-refractivity contribution is 7.89. The zero-order valence-electron chi connectivity index (χ0n) is 47.6. The van der Waals surface area contributed by atoms with Gasteiger partial charge in [0, 0.05) is 63.9 Å². The standard InChI is InChI=1S/C26H35N3O9S.C15H21NO3.C11H14N2O6S.C4H8O/c1-26(2,3)37-25(31)27-23(17-19-7-5-4-6-8-19)24(30)18-28(38-21-13-15-36-16-14-21)39(34,35)22-11-9-20(10-12-22)29(32)33;1-15(2,3)19-14(17)16-12(13-10-18-13)9-11-7-5-4-6-8-11;14-13(15)9-1-3-11(4-2-9)20(16,17)12-19-10-5-7-18-8-6-10;1-2-4-5-3-1/h4-12,21,23-24,30H,13-18H2,1-3H3,(H,27,31);4-8,12-13H,9-10H2,1-3H3,(H,16,17);1-4,10,12H,5-8H2;1-4H2/t23-,24+;12-,13?;;/m00../s1. The van der Waals surface area contributed by atoms with Gasteiger partial charge in [0.15, 0.2) is 0 Å². The second-order valence-electron chi connectivity index (χ2n) is 21.6. The number of aliphatic hydroxyl groups excluding tert-OH is 1. The predicted molar refractivity (Wildman–Crippen MR) is 303 cm³/mol. The van der Waals surface area contributed by atoms with Crippen molar-refractivity contribution < 1.29 is 79.5 Å². The highest BCUT2D eigenvalue weighted by Crippen LogP contribution is 2.25. The Bertz CT molecular complexity index is 2830. The zero-order chi connectivity index (χ0) is 60.6. The Balaban J connectivity index is 0.000000238. The van der Waals surface area contributed by atoms with Crippen LogP contribution in [0, 0.1) is 20.2 Å². The smallest absolute Gasteiger partial charge is 0.407 e. The number of hydroxylamine groups is 1. The van der Waals surface area contributed by atoms with Crippen LogP contribution < -0.4 is 15.5 Å². The highest BCUT2D eigenvalue weighted by Gasteiger charge is 2.37. The number of non-ortho nitro benzene ring substituents is 2. The quantitative estimate of drug-likeness (QED) is 0.0378. The van der Waals surface area contributed by atoms with Gasteiger partial charge in [-0.1, -0.05) is 70.0 Å². The number of aliphatic hydroxyl groups is 1. The summed E-state index contributed by atoms with van der Waals surface area (Å²) < 4.78 is 83.1. The maximum atomic E-state index is 13.6. The summed E-state index contributed by atoms with van der Waals surface area (Å²) in [6, 6.07) is 27.2. The molecule has 8 rings (SSSR count). The molecule has 0 aromatic heterocycles. The second-order valence-corrected chi connectivity index (χ2v) is 25.0. The third-order valence-corrected chi connectivity index (χ3v) is 15.2. The fourth-order valence-corrected chi connectivity index (χ4v) is 10.2. The Morgan fingerprint density at radius 2 is 1.07 bits per heavy atom. The van der Waals surface area contributed by atoms with Crippen molar-refractivity contribution in [3.63, 3.8) is 0 Å². The highest BCUT2D eigenvalue weighted by atomic mass is 32.2. The molecule has 4 aromatic carbocycles. The van der Waals surface area contributed by atoms with Crippen molar-refractivity contribution in [3.8, 4) is 0 Å². The number of sulfonamides is 2. The molecule has 0 radical (unpaired) electrons. The lowest BCUT2D eigenvalue weighted by Gasteiger charge is -2.32. The number of nitro benzene ring substituents is 2. The molecule has 2 amide bonds. The fourth-order valence-electron chi connectivity index (χ4n) is 8.01. The largest absolute Gasteiger partial charge is 0.444 e. The number of benzene rings is 4. The van der Waals surface area contributed by atoms with Gasteiger partial charge in [-0.05, 0) is 128 Å². The molecule has 83 heavy (non-hydrogen) atoms. The molecule has 0 aliphatic carbocycles. The van der Waals surface area contributed by atoms with E-state index in [0.717, 1.165) is 73.7 Å². The summed E-state index contributed by atoms with van der Waals surface area (Å²) in [7, 11) is -8.20. The minimum atomic E-state index is -4.36. The number of hydrogen-bond donors (Lipinski definition) is 4. The molecule has 1 unspecified atom stereocenters. The molecule has 0 bridgehead atoms. The second kappa shape index (κ2) is 32.7.